The van der Waals surface area contributed by atoms with Gasteiger partial charge >= 0.3 is 0 Å². The van der Waals surface area contributed by atoms with E-state index in [2.05, 4.69) is 28.2 Å². The van der Waals surface area contributed by atoms with Crippen LogP contribution in [0.4, 0.5) is 0 Å². The third-order valence-electron chi connectivity index (χ3n) is 5.53. The first kappa shape index (κ1) is 20.1. The predicted molar refractivity (Wildman–Crippen MR) is 116 cm³/mol. The molecule has 2 N–H and O–H groups in total. The average molecular weight is 424 g/mol. The third-order valence-corrected chi connectivity index (χ3v) is 5.53. The van der Waals surface area contributed by atoms with E-state index in [-0.39, 0.29) is 12.4 Å². The molecule has 0 saturated carbocycles. The summed E-state index contributed by atoms with van der Waals surface area (Å²) < 4.78 is 3.74. The van der Waals surface area contributed by atoms with Crippen LogP contribution < -0.4 is 5.73 Å². The smallest absolute Gasteiger partial charge is 0.248 e. The Morgan fingerprint density at radius 2 is 1.90 bits per heavy atom. The summed E-state index contributed by atoms with van der Waals surface area (Å²) in [7, 11) is 2.15. The van der Waals surface area contributed by atoms with E-state index in [4.69, 9.17) is 10.7 Å². The number of carbonyl (C=O) groups is 1. The van der Waals surface area contributed by atoms with E-state index >= 15 is 0 Å². The van der Waals surface area contributed by atoms with Crippen molar-refractivity contribution in [1.29, 1.82) is 0 Å². The molecule has 1 amide bonds. The van der Waals surface area contributed by atoms with E-state index in [1.807, 2.05) is 28.9 Å². The van der Waals surface area contributed by atoms with Gasteiger partial charge in [0.15, 0.2) is 11.5 Å². The van der Waals surface area contributed by atoms with Crippen molar-refractivity contribution in [1.82, 2.24) is 29.0 Å². The van der Waals surface area contributed by atoms with Crippen molar-refractivity contribution in [3.8, 4) is 16.9 Å². The zero-order valence-corrected chi connectivity index (χ0v) is 17.3. The summed E-state index contributed by atoms with van der Waals surface area (Å²) in [6.07, 6.45) is 11.8. The number of aromatic nitrogens is 5. The Labute approximate surface area is 179 Å². The van der Waals surface area contributed by atoms with Crippen LogP contribution in [0.5, 0.6) is 0 Å². The normalized spacial score (nSPS) is 16.6. The number of nitrogens with zero attached hydrogens (tertiary/aromatic N) is 6. The Bertz CT molecular complexity index is 1200. The first-order valence-electron chi connectivity index (χ1n) is 9.59. The lowest BCUT2D eigenvalue weighted by Gasteiger charge is -2.16. The van der Waals surface area contributed by atoms with Gasteiger partial charge in [-0.3, -0.25) is 9.69 Å². The fourth-order valence-corrected chi connectivity index (χ4v) is 3.89. The molecule has 1 atom stereocenters. The van der Waals surface area contributed by atoms with Crippen LogP contribution in [-0.4, -0.2) is 48.5 Å². The fraction of sp³-hybridized carbons (Fsp3) is 0.238. The minimum Gasteiger partial charge on any atom is -0.366 e. The number of primary amides is 1. The standard InChI is InChI=1S/C21H21N7O.ClH/c1-26-8-2-3-18(26)17-12-27-13-20(23-10-19(27)25-17)28-11-16(9-24-28)14-4-6-15(7-5-14)21(22)29;/h4-7,9-13,18H,2-3,8H2,1H3,(H2,22,29);1H/t18-;/m1./s1. The number of nitrogens with two attached hydrogens (primary N) is 1. The number of rotatable bonds is 4. The van der Waals surface area contributed by atoms with Gasteiger partial charge in [-0.25, -0.2) is 14.6 Å². The van der Waals surface area contributed by atoms with Gasteiger partial charge in [0.1, 0.15) is 0 Å². The molecule has 154 valence electrons. The third kappa shape index (κ3) is 3.55. The van der Waals surface area contributed by atoms with Gasteiger partial charge in [0.25, 0.3) is 0 Å². The number of imidazole rings is 1. The van der Waals surface area contributed by atoms with E-state index in [9.17, 15) is 4.79 Å². The quantitative estimate of drug-likeness (QED) is 0.544. The van der Waals surface area contributed by atoms with Gasteiger partial charge in [0.05, 0.1) is 30.3 Å². The molecule has 1 aliphatic heterocycles. The van der Waals surface area contributed by atoms with Crippen LogP contribution in [0.2, 0.25) is 0 Å². The maximum Gasteiger partial charge on any atom is 0.248 e. The topological polar surface area (TPSA) is 94.3 Å². The minimum atomic E-state index is -0.437. The monoisotopic (exact) mass is 423 g/mol. The Morgan fingerprint density at radius 3 is 2.60 bits per heavy atom. The van der Waals surface area contributed by atoms with Crippen LogP contribution in [0.1, 0.15) is 34.9 Å². The van der Waals surface area contributed by atoms with Crippen LogP contribution in [0.15, 0.2) is 55.2 Å². The van der Waals surface area contributed by atoms with Gasteiger partial charge in [0, 0.05) is 23.5 Å². The average Bonchev–Trinajstić information content (AvgIpc) is 3.46. The van der Waals surface area contributed by atoms with E-state index in [0.717, 1.165) is 35.4 Å². The van der Waals surface area contributed by atoms with Gasteiger partial charge in [0.2, 0.25) is 5.91 Å². The van der Waals surface area contributed by atoms with Crippen LogP contribution in [0, 0.1) is 0 Å². The molecule has 4 heterocycles. The molecule has 3 aromatic heterocycles. The van der Waals surface area contributed by atoms with E-state index in [1.165, 1.54) is 6.42 Å². The lowest BCUT2D eigenvalue weighted by atomic mass is 10.1. The van der Waals surface area contributed by atoms with Gasteiger partial charge in [-0.1, -0.05) is 12.1 Å². The second-order valence-electron chi connectivity index (χ2n) is 7.43. The van der Waals surface area contributed by atoms with Gasteiger partial charge < -0.3 is 10.1 Å². The minimum absolute atomic E-state index is 0. The molecule has 4 aromatic rings. The number of amides is 1. The summed E-state index contributed by atoms with van der Waals surface area (Å²) in [5.41, 5.74) is 9.59. The highest BCUT2D eigenvalue weighted by molar-refractivity contribution is 5.93. The molecular formula is C21H22ClN7O. The van der Waals surface area contributed by atoms with Gasteiger partial charge in [-0.15, -0.1) is 12.4 Å². The van der Waals surface area contributed by atoms with Crippen molar-refractivity contribution >= 4 is 24.0 Å². The number of hydrogen-bond donors (Lipinski definition) is 1. The Hall–Kier alpha value is -3.23. The molecular weight excluding hydrogens is 402 g/mol. The lowest BCUT2D eigenvalue weighted by molar-refractivity contribution is 0.100. The molecule has 0 unspecified atom stereocenters. The predicted octanol–water partition coefficient (Wildman–Crippen LogP) is 2.87. The molecule has 1 aromatic carbocycles. The molecule has 1 fully saturated rings. The van der Waals surface area contributed by atoms with Crippen molar-refractivity contribution < 1.29 is 4.79 Å². The summed E-state index contributed by atoms with van der Waals surface area (Å²) in [5, 5.41) is 4.44. The summed E-state index contributed by atoms with van der Waals surface area (Å²) in [6.45, 7) is 1.11. The molecule has 9 heteroatoms. The number of halogens is 1. The molecule has 0 aliphatic carbocycles. The van der Waals surface area contributed by atoms with E-state index < -0.39 is 5.91 Å². The molecule has 1 saturated heterocycles. The van der Waals surface area contributed by atoms with E-state index in [1.54, 1.807) is 29.2 Å². The van der Waals surface area contributed by atoms with E-state index in [0.29, 0.717) is 17.4 Å². The molecule has 30 heavy (non-hydrogen) atoms. The molecule has 5 rings (SSSR count). The SMILES string of the molecule is CN1CCC[C@@H]1c1cn2cc(-n3cc(-c4ccc(C(N)=O)cc4)cn3)ncc2n1.Cl. The maximum atomic E-state index is 11.2. The molecule has 0 radical (unpaired) electrons. The first-order valence-corrected chi connectivity index (χ1v) is 9.59. The van der Waals surface area contributed by atoms with Crippen LogP contribution >= 0.6 is 12.4 Å². The summed E-state index contributed by atoms with van der Waals surface area (Å²) in [6, 6.07) is 7.52. The molecule has 0 bridgehead atoms. The highest BCUT2D eigenvalue weighted by atomic mass is 35.5. The number of fused-ring (bicyclic) bond motifs is 1. The van der Waals surface area contributed by atoms with Crippen molar-refractivity contribution in [2.45, 2.75) is 18.9 Å². The molecule has 8 nitrogen and oxygen atoms in total. The van der Waals surface area contributed by atoms with Crippen LogP contribution in [0.3, 0.4) is 0 Å². The van der Waals surface area contributed by atoms with Gasteiger partial charge in [-0.2, -0.15) is 5.10 Å². The number of carbonyl (C=O) groups excluding carboxylic acids is 1. The summed E-state index contributed by atoms with van der Waals surface area (Å²) in [4.78, 5) is 22.9. The Balaban J connectivity index is 0.00000218. The van der Waals surface area contributed by atoms with Crippen LogP contribution in [-0.2, 0) is 0 Å². The van der Waals surface area contributed by atoms with Crippen LogP contribution in [0.25, 0.3) is 22.6 Å². The Morgan fingerprint density at radius 1 is 1.10 bits per heavy atom. The number of benzene rings is 1. The second-order valence-corrected chi connectivity index (χ2v) is 7.43. The maximum absolute atomic E-state index is 11.2. The van der Waals surface area contributed by atoms with Crippen molar-refractivity contribution in [3.63, 3.8) is 0 Å². The van der Waals surface area contributed by atoms with Crippen molar-refractivity contribution in [2.75, 3.05) is 13.6 Å². The fourth-order valence-electron chi connectivity index (χ4n) is 3.89. The van der Waals surface area contributed by atoms with Gasteiger partial charge in [-0.05, 0) is 44.1 Å². The first-order chi connectivity index (χ1) is 14.1. The Kier molecular flexibility index (Phi) is 5.27. The highest BCUT2D eigenvalue weighted by Gasteiger charge is 2.25. The zero-order chi connectivity index (χ0) is 20.0. The summed E-state index contributed by atoms with van der Waals surface area (Å²) >= 11 is 0. The zero-order valence-electron chi connectivity index (χ0n) is 16.5. The molecule has 1 aliphatic rings. The summed E-state index contributed by atoms with van der Waals surface area (Å²) in [5.74, 6) is 0.273. The van der Waals surface area contributed by atoms with Crippen molar-refractivity contribution in [2.24, 2.45) is 5.73 Å². The molecule has 0 spiro atoms. The number of hydrogen-bond acceptors (Lipinski definition) is 5. The number of likely N-dealkylation sites (tertiary alicyclic amines) is 1. The highest BCUT2D eigenvalue weighted by Crippen LogP contribution is 2.29. The van der Waals surface area contributed by atoms with Crippen molar-refractivity contribution in [3.05, 3.63) is 66.5 Å². The largest absolute Gasteiger partial charge is 0.366 e. The second kappa shape index (κ2) is 7.89. The lowest BCUT2D eigenvalue weighted by Crippen LogP contribution is -2.17.